The number of hydrazine groups is 1. The Hall–Kier alpha value is -1.89. The second kappa shape index (κ2) is 7.74. The minimum Gasteiger partial charge on any atom is -0.329 e. The minimum atomic E-state index is -4.61. The third kappa shape index (κ3) is 3.69. The summed E-state index contributed by atoms with van der Waals surface area (Å²) in [7, 11) is 0. The van der Waals surface area contributed by atoms with Crippen LogP contribution in [0.5, 0.6) is 0 Å². The van der Waals surface area contributed by atoms with Gasteiger partial charge in [-0.05, 0) is 35.0 Å². The molecule has 1 unspecified atom stereocenters. The Kier molecular flexibility index (Phi) is 5.82. The smallest absolute Gasteiger partial charge is 0.329 e. The van der Waals surface area contributed by atoms with Crippen LogP contribution in [0.15, 0.2) is 16.7 Å². The number of nitrogens with zero attached hydrogens (tertiary/aromatic N) is 5. The van der Waals surface area contributed by atoms with Gasteiger partial charge in [0.2, 0.25) is 0 Å². The SMILES string of the molecule is CC1C(c2nc(C#N)c(C#N)[nH]2)=C(Br)N(c2c(Cl)cc(C(F)(F)F)cc2Cl)N1S. The van der Waals surface area contributed by atoms with E-state index in [1.54, 1.807) is 6.92 Å². The van der Waals surface area contributed by atoms with Gasteiger partial charge in [-0.15, -0.1) is 0 Å². The molecule has 1 aromatic heterocycles. The van der Waals surface area contributed by atoms with E-state index in [1.807, 2.05) is 12.1 Å². The molecular formula is C16H8BrCl2F3N6S. The summed E-state index contributed by atoms with van der Waals surface area (Å²) in [6, 6.07) is 4.71. The first kappa shape index (κ1) is 21.8. The van der Waals surface area contributed by atoms with Crippen molar-refractivity contribution in [2.45, 2.75) is 19.1 Å². The predicted molar refractivity (Wildman–Crippen MR) is 108 cm³/mol. The Balaban J connectivity index is 2.16. The minimum absolute atomic E-state index is 0.0164. The number of alkyl halides is 3. The number of nitriles is 2. The maximum absolute atomic E-state index is 13.0. The number of aromatic amines is 1. The van der Waals surface area contributed by atoms with Gasteiger partial charge in [-0.1, -0.05) is 36.0 Å². The Morgan fingerprint density at radius 1 is 1.24 bits per heavy atom. The quantitative estimate of drug-likeness (QED) is 0.400. The number of hydrogen-bond donors (Lipinski definition) is 2. The third-order valence-electron chi connectivity index (χ3n) is 4.11. The molecule has 0 saturated heterocycles. The zero-order chi connectivity index (χ0) is 21.7. The van der Waals surface area contributed by atoms with Gasteiger partial charge < -0.3 is 4.98 Å². The molecule has 2 heterocycles. The third-order valence-corrected chi connectivity index (χ3v) is 5.97. The first-order valence-corrected chi connectivity index (χ1v) is 9.60. The highest BCUT2D eigenvalue weighted by molar-refractivity contribution is 9.12. The van der Waals surface area contributed by atoms with E-state index in [9.17, 15) is 13.2 Å². The standard InChI is InChI=1S/C16H8BrCl2F3N6S/c1-6-12(15-25-10(4-23)11(5-24)26-15)14(17)27(28(6)29)13-8(18)2-7(3-9(13)19)16(20,21)22/h2-3,6,29H,1H3,(H,25,26). The highest BCUT2D eigenvalue weighted by Gasteiger charge is 2.40. The van der Waals surface area contributed by atoms with Crippen LogP contribution in [-0.2, 0) is 6.18 Å². The normalized spacial score (nSPS) is 17.6. The Bertz CT molecular complexity index is 1060. The number of benzene rings is 1. The average molecular weight is 524 g/mol. The monoisotopic (exact) mass is 522 g/mol. The van der Waals surface area contributed by atoms with Crippen LogP contribution in [0, 0.1) is 22.7 Å². The van der Waals surface area contributed by atoms with Crippen molar-refractivity contribution in [3.05, 3.63) is 49.6 Å². The summed E-state index contributed by atoms with van der Waals surface area (Å²) < 4.78 is 40.8. The lowest BCUT2D eigenvalue weighted by Crippen LogP contribution is -2.34. The van der Waals surface area contributed by atoms with Crippen molar-refractivity contribution in [2.75, 3.05) is 5.01 Å². The highest BCUT2D eigenvalue weighted by atomic mass is 79.9. The molecule has 0 amide bonds. The molecule has 3 rings (SSSR count). The Morgan fingerprint density at radius 2 is 1.83 bits per heavy atom. The van der Waals surface area contributed by atoms with Crippen LogP contribution in [-0.4, -0.2) is 20.4 Å². The van der Waals surface area contributed by atoms with Crippen molar-refractivity contribution in [3.63, 3.8) is 0 Å². The first-order valence-electron chi connectivity index (χ1n) is 7.65. The van der Waals surface area contributed by atoms with Crippen LogP contribution in [0.1, 0.15) is 29.7 Å². The number of hydrogen-bond acceptors (Lipinski definition) is 6. The maximum atomic E-state index is 13.0. The summed E-state index contributed by atoms with van der Waals surface area (Å²) >= 11 is 20.0. The first-order chi connectivity index (χ1) is 13.5. The molecule has 0 bridgehead atoms. The molecule has 0 aliphatic carbocycles. The molecule has 150 valence electrons. The van der Waals surface area contributed by atoms with Gasteiger partial charge >= 0.3 is 6.18 Å². The van der Waals surface area contributed by atoms with Crippen LogP contribution in [0.2, 0.25) is 10.0 Å². The lowest BCUT2D eigenvalue weighted by Gasteiger charge is -2.30. The van der Waals surface area contributed by atoms with Crippen LogP contribution < -0.4 is 5.01 Å². The van der Waals surface area contributed by atoms with E-state index >= 15 is 0 Å². The van der Waals surface area contributed by atoms with Crippen LogP contribution in [0.4, 0.5) is 18.9 Å². The summed E-state index contributed by atoms with van der Waals surface area (Å²) in [5.74, 6) is 0.221. The van der Waals surface area contributed by atoms with E-state index < -0.39 is 17.8 Å². The van der Waals surface area contributed by atoms with Gasteiger partial charge in [0.05, 0.1) is 27.3 Å². The molecule has 0 saturated carbocycles. The molecule has 1 atom stereocenters. The molecular weight excluding hydrogens is 516 g/mol. The molecule has 13 heteroatoms. The molecule has 29 heavy (non-hydrogen) atoms. The zero-order valence-corrected chi connectivity index (χ0v) is 18.2. The van der Waals surface area contributed by atoms with Gasteiger partial charge in [-0.2, -0.15) is 28.1 Å². The number of imidazole rings is 1. The van der Waals surface area contributed by atoms with E-state index in [0.717, 1.165) is 12.1 Å². The van der Waals surface area contributed by atoms with E-state index in [2.05, 4.69) is 38.7 Å². The molecule has 0 radical (unpaired) electrons. The summed E-state index contributed by atoms with van der Waals surface area (Å²) in [6.07, 6.45) is -4.61. The summed E-state index contributed by atoms with van der Waals surface area (Å²) in [4.78, 5) is 6.86. The maximum Gasteiger partial charge on any atom is 0.416 e. The molecule has 6 nitrogen and oxygen atoms in total. The van der Waals surface area contributed by atoms with E-state index in [1.165, 1.54) is 9.42 Å². The second-order valence-corrected chi connectivity index (χ2v) is 7.81. The molecule has 0 spiro atoms. The van der Waals surface area contributed by atoms with Crippen LogP contribution >= 0.6 is 51.9 Å². The number of anilines is 1. The van der Waals surface area contributed by atoms with Gasteiger partial charge in [-0.25, -0.2) is 4.98 Å². The van der Waals surface area contributed by atoms with E-state index in [4.69, 9.17) is 33.7 Å². The fourth-order valence-electron chi connectivity index (χ4n) is 2.76. The Morgan fingerprint density at radius 3 is 2.28 bits per heavy atom. The number of aromatic nitrogens is 2. The van der Waals surface area contributed by atoms with Crippen molar-refractivity contribution in [1.29, 1.82) is 10.5 Å². The van der Waals surface area contributed by atoms with Gasteiger partial charge in [0.15, 0.2) is 11.4 Å². The lowest BCUT2D eigenvalue weighted by molar-refractivity contribution is -0.137. The van der Waals surface area contributed by atoms with Gasteiger partial charge in [0, 0.05) is 5.57 Å². The van der Waals surface area contributed by atoms with Gasteiger partial charge in [0.25, 0.3) is 0 Å². The van der Waals surface area contributed by atoms with Crippen molar-refractivity contribution in [2.24, 2.45) is 0 Å². The number of nitrogens with one attached hydrogen (secondary N) is 1. The van der Waals surface area contributed by atoms with Gasteiger partial charge in [-0.3, -0.25) is 5.01 Å². The zero-order valence-electron chi connectivity index (χ0n) is 14.2. The molecule has 1 N–H and O–H groups in total. The van der Waals surface area contributed by atoms with Crippen LogP contribution in [0.3, 0.4) is 0 Å². The van der Waals surface area contributed by atoms with E-state index in [-0.39, 0.29) is 32.9 Å². The van der Waals surface area contributed by atoms with Crippen molar-refractivity contribution >= 4 is 63.2 Å². The number of rotatable bonds is 2. The number of thiol groups is 1. The van der Waals surface area contributed by atoms with Gasteiger partial charge in [0.1, 0.15) is 22.6 Å². The second-order valence-electron chi connectivity index (χ2n) is 5.83. The molecule has 1 aliphatic rings. The predicted octanol–water partition coefficient (Wildman–Crippen LogP) is 5.51. The Labute approximate surface area is 186 Å². The molecule has 0 fully saturated rings. The fourth-order valence-corrected chi connectivity index (χ4v) is 4.69. The fraction of sp³-hybridized carbons (Fsp3) is 0.188. The molecule has 1 aromatic carbocycles. The molecule has 1 aliphatic heterocycles. The van der Waals surface area contributed by atoms with Crippen LogP contribution in [0.25, 0.3) is 5.57 Å². The summed E-state index contributed by atoms with van der Waals surface area (Å²) in [6.45, 7) is 1.73. The molecule has 2 aromatic rings. The van der Waals surface area contributed by atoms with E-state index in [0.29, 0.717) is 10.2 Å². The van der Waals surface area contributed by atoms with Crippen molar-refractivity contribution in [1.82, 2.24) is 14.4 Å². The summed E-state index contributed by atoms with van der Waals surface area (Å²) in [5, 5.41) is 19.1. The highest BCUT2D eigenvalue weighted by Crippen LogP contribution is 2.48. The number of halogens is 6. The average Bonchev–Trinajstić information content (AvgIpc) is 3.14. The number of H-pyrrole nitrogens is 1. The summed E-state index contributed by atoms with van der Waals surface area (Å²) in [5.41, 5.74) is -0.532. The van der Waals surface area contributed by atoms with Crippen molar-refractivity contribution < 1.29 is 13.2 Å². The largest absolute Gasteiger partial charge is 0.416 e. The topological polar surface area (TPSA) is 82.7 Å². The van der Waals surface area contributed by atoms with Crippen molar-refractivity contribution in [3.8, 4) is 12.1 Å². The lowest BCUT2D eigenvalue weighted by atomic mass is 10.1.